The lowest BCUT2D eigenvalue weighted by Crippen LogP contribution is -2.26. The van der Waals surface area contributed by atoms with Crippen LogP contribution in [0.1, 0.15) is 28.4 Å². The number of nitrogens with zero attached hydrogens (tertiary/aromatic N) is 4. The predicted octanol–water partition coefficient (Wildman–Crippen LogP) is 1.35. The fourth-order valence-electron chi connectivity index (χ4n) is 2.32. The molecular weight excluding hydrogens is 322 g/mol. The monoisotopic (exact) mass is 335 g/mol. The van der Waals surface area contributed by atoms with E-state index in [0.717, 1.165) is 35.5 Å². The van der Waals surface area contributed by atoms with Crippen LogP contribution in [0.2, 0.25) is 0 Å². The van der Waals surface area contributed by atoms with E-state index in [0.29, 0.717) is 18.5 Å². The third kappa shape index (κ3) is 2.72. The summed E-state index contributed by atoms with van der Waals surface area (Å²) in [6, 6.07) is 1.75. The standard InChI is InChI=1S/C13H14BrN5O/c14-10-6-9(7-15-8-10)13(20)16-4-3-12-18-17-11-2-1-5-19(11)12/h6-8H,1-5H2,(H,16,20). The molecule has 0 aliphatic carbocycles. The molecule has 3 heterocycles. The molecule has 6 nitrogen and oxygen atoms in total. The molecule has 0 spiro atoms. The Bertz CT molecular complexity index is 639. The molecule has 0 atom stereocenters. The third-order valence-corrected chi connectivity index (χ3v) is 3.72. The van der Waals surface area contributed by atoms with Crippen molar-refractivity contribution in [3.05, 3.63) is 40.1 Å². The van der Waals surface area contributed by atoms with Crippen LogP contribution in [-0.2, 0) is 19.4 Å². The van der Waals surface area contributed by atoms with E-state index < -0.39 is 0 Å². The summed E-state index contributed by atoms with van der Waals surface area (Å²) in [7, 11) is 0. The van der Waals surface area contributed by atoms with E-state index >= 15 is 0 Å². The van der Waals surface area contributed by atoms with Gasteiger partial charge in [-0.1, -0.05) is 0 Å². The average Bonchev–Trinajstić information content (AvgIpc) is 3.03. The molecule has 1 N–H and O–H groups in total. The fourth-order valence-corrected chi connectivity index (χ4v) is 2.69. The zero-order valence-electron chi connectivity index (χ0n) is 10.8. The number of aryl methyl sites for hydroxylation is 1. The molecule has 0 fully saturated rings. The Labute approximate surface area is 124 Å². The van der Waals surface area contributed by atoms with Gasteiger partial charge in [-0.05, 0) is 28.4 Å². The van der Waals surface area contributed by atoms with Crippen molar-refractivity contribution in [2.24, 2.45) is 0 Å². The summed E-state index contributed by atoms with van der Waals surface area (Å²) in [5.41, 5.74) is 0.547. The second kappa shape index (κ2) is 5.70. The molecule has 1 aliphatic heterocycles. The Morgan fingerprint density at radius 2 is 2.30 bits per heavy atom. The van der Waals surface area contributed by atoms with Crippen molar-refractivity contribution < 1.29 is 4.79 Å². The van der Waals surface area contributed by atoms with Crippen LogP contribution in [0.4, 0.5) is 0 Å². The quantitative estimate of drug-likeness (QED) is 0.915. The number of rotatable bonds is 4. The number of fused-ring (bicyclic) bond motifs is 1. The highest BCUT2D eigenvalue weighted by atomic mass is 79.9. The topological polar surface area (TPSA) is 72.7 Å². The molecule has 3 rings (SSSR count). The molecule has 0 saturated carbocycles. The van der Waals surface area contributed by atoms with Gasteiger partial charge in [-0.15, -0.1) is 10.2 Å². The molecule has 0 saturated heterocycles. The van der Waals surface area contributed by atoms with Crippen LogP contribution in [0.3, 0.4) is 0 Å². The first-order chi connectivity index (χ1) is 9.74. The van der Waals surface area contributed by atoms with Gasteiger partial charge < -0.3 is 9.88 Å². The van der Waals surface area contributed by atoms with Crippen LogP contribution in [0.25, 0.3) is 0 Å². The maximum atomic E-state index is 11.9. The summed E-state index contributed by atoms with van der Waals surface area (Å²) in [5, 5.41) is 11.2. The van der Waals surface area contributed by atoms with E-state index in [1.807, 2.05) is 0 Å². The van der Waals surface area contributed by atoms with Crippen LogP contribution >= 0.6 is 15.9 Å². The van der Waals surface area contributed by atoms with Crippen molar-refractivity contribution in [2.45, 2.75) is 25.8 Å². The van der Waals surface area contributed by atoms with Crippen molar-refractivity contribution in [1.29, 1.82) is 0 Å². The number of carbonyl (C=O) groups is 1. The molecule has 2 aromatic rings. The zero-order valence-corrected chi connectivity index (χ0v) is 12.4. The van der Waals surface area contributed by atoms with Crippen molar-refractivity contribution in [3.63, 3.8) is 0 Å². The van der Waals surface area contributed by atoms with Crippen molar-refractivity contribution in [3.8, 4) is 0 Å². The van der Waals surface area contributed by atoms with Crippen LogP contribution < -0.4 is 5.32 Å². The third-order valence-electron chi connectivity index (χ3n) is 3.29. The Morgan fingerprint density at radius 1 is 1.40 bits per heavy atom. The second-order valence-electron chi connectivity index (χ2n) is 4.69. The van der Waals surface area contributed by atoms with E-state index in [-0.39, 0.29) is 5.91 Å². The lowest BCUT2D eigenvalue weighted by molar-refractivity contribution is 0.0953. The van der Waals surface area contributed by atoms with Gasteiger partial charge in [0.2, 0.25) is 0 Å². The summed E-state index contributed by atoms with van der Waals surface area (Å²) in [6.45, 7) is 1.53. The summed E-state index contributed by atoms with van der Waals surface area (Å²) in [4.78, 5) is 15.9. The minimum absolute atomic E-state index is 0.125. The maximum Gasteiger partial charge on any atom is 0.252 e. The molecular formula is C13H14BrN5O. The molecule has 20 heavy (non-hydrogen) atoms. The van der Waals surface area contributed by atoms with Crippen LogP contribution in [0.5, 0.6) is 0 Å². The number of amides is 1. The van der Waals surface area contributed by atoms with E-state index in [2.05, 4.69) is 41.0 Å². The molecule has 7 heteroatoms. The van der Waals surface area contributed by atoms with Gasteiger partial charge in [-0.25, -0.2) is 0 Å². The summed E-state index contributed by atoms with van der Waals surface area (Å²) < 4.78 is 2.94. The summed E-state index contributed by atoms with van der Waals surface area (Å²) in [6.07, 6.45) is 6.03. The zero-order chi connectivity index (χ0) is 13.9. The number of aromatic nitrogens is 4. The van der Waals surface area contributed by atoms with Crippen LogP contribution in [0.15, 0.2) is 22.9 Å². The highest BCUT2D eigenvalue weighted by Gasteiger charge is 2.17. The van der Waals surface area contributed by atoms with Crippen molar-refractivity contribution >= 4 is 21.8 Å². The molecule has 0 aromatic carbocycles. The van der Waals surface area contributed by atoms with Gasteiger partial charge in [0, 0.05) is 42.8 Å². The Kier molecular flexibility index (Phi) is 3.77. The molecule has 0 bridgehead atoms. The highest BCUT2D eigenvalue weighted by molar-refractivity contribution is 9.10. The van der Waals surface area contributed by atoms with E-state index in [9.17, 15) is 4.79 Å². The Balaban J connectivity index is 1.56. The van der Waals surface area contributed by atoms with Gasteiger partial charge in [0.15, 0.2) is 0 Å². The summed E-state index contributed by atoms with van der Waals surface area (Å²) in [5.74, 6) is 1.88. The molecule has 2 aromatic heterocycles. The van der Waals surface area contributed by atoms with E-state index in [4.69, 9.17) is 0 Å². The molecule has 1 amide bonds. The average molecular weight is 336 g/mol. The maximum absolute atomic E-state index is 11.9. The minimum atomic E-state index is -0.125. The number of hydrogen-bond acceptors (Lipinski definition) is 4. The van der Waals surface area contributed by atoms with Gasteiger partial charge in [-0.3, -0.25) is 9.78 Å². The number of carbonyl (C=O) groups excluding carboxylic acids is 1. The van der Waals surface area contributed by atoms with Crippen LogP contribution in [0, 0.1) is 0 Å². The van der Waals surface area contributed by atoms with Crippen LogP contribution in [-0.4, -0.2) is 32.2 Å². The second-order valence-corrected chi connectivity index (χ2v) is 5.60. The smallest absolute Gasteiger partial charge is 0.252 e. The highest BCUT2D eigenvalue weighted by Crippen LogP contribution is 2.14. The van der Waals surface area contributed by atoms with Crippen molar-refractivity contribution in [2.75, 3.05) is 6.54 Å². The number of nitrogens with one attached hydrogen (secondary N) is 1. The van der Waals surface area contributed by atoms with Crippen molar-refractivity contribution in [1.82, 2.24) is 25.1 Å². The number of pyridine rings is 1. The Morgan fingerprint density at radius 3 is 3.15 bits per heavy atom. The predicted molar refractivity (Wildman–Crippen MR) is 76.3 cm³/mol. The van der Waals surface area contributed by atoms with Gasteiger partial charge in [0.05, 0.1) is 5.56 Å². The van der Waals surface area contributed by atoms with E-state index in [1.165, 1.54) is 0 Å². The lowest BCUT2D eigenvalue weighted by Gasteiger charge is -2.05. The number of hydrogen-bond donors (Lipinski definition) is 1. The molecule has 104 valence electrons. The van der Waals surface area contributed by atoms with Gasteiger partial charge >= 0.3 is 0 Å². The normalized spacial score (nSPS) is 13.2. The SMILES string of the molecule is O=C(NCCc1nnc2n1CCC2)c1cncc(Br)c1. The molecule has 1 aliphatic rings. The van der Waals surface area contributed by atoms with Gasteiger partial charge in [-0.2, -0.15) is 0 Å². The van der Waals surface area contributed by atoms with Gasteiger partial charge in [0.25, 0.3) is 5.91 Å². The Hall–Kier alpha value is -1.76. The lowest BCUT2D eigenvalue weighted by atomic mass is 10.2. The largest absolute Gasteiger partial charge is 0.352 e. The first-order valence-corrected chi connectivity index (χ1v) is 7.33. The first-order valence-electron chi connectivity index (χ1n) is 6.54. The minimum Gasteiger partial charge on any atom is -0.352 e. The van der Waals surface area contributed by atoms with E-state index in [1.54, 1.807) is 18.5 Å². The fraction of sp³-hybridized carbons (Fsp3) is 0.385. The molecule has 0 unspecified atom stereocenters. The summed E-state index contributed by atoms with van der Waals surface area (Å²) >= 11 is 3.30. The first kappa shape index (κ1) is 13.2. The van der Waals surface area contributed by atoms with Gasteiger partial charge in [0.1, 0.15) is 11.6 Å². The molecule has 0 radical (unpaired) electrons. The number of halogens is 1.